The molecule has 0 rings (SSSR count). The molecule has 0 aliphatic rings. The lowest BCUT2D eigenvalue weighted by atomic mass is 10.2. The molecule has 0 unspecified atom stereocenters. The number of hydrogen-bond donors (Lipinski definition) is 0. The Bertz CT molecular complexity index is 168. The number of rotatable bonds is 4. The molecule has 0 aliphatic carbocycles. The molecular formula is C9H16O4. The highest BCUT2D eigenvalue weighted by molar-refractivity contribution is 5.66. The lowest BCUT2D eigenvalue weighted by Gasteiger charge is -2.16. The van der Waals surface area contributed by atoms with Crippen molar-refractivity contribution >= 4 is 11.9 Å². The van der Waals surface area contributed by atoms with E-state index in [2.05, 4.69) is 0 Å². The largest absolute Gasteiger partial charge is 0.463 e. The van der Waals surface area contributed by atoms with Crippen LogP contribution in [0.4, 0.5) is 0 Å². The van der Waals surface area contributed by atoms with Crippen LogP contribution in [0.2, 0.25) is 0 Å². The summed E-state index contributed by atoms with van der Waals surface area (Å²) in [6.45, 7) is 6.24. The van der Waals surface area contributed by atoms with Crippen molar-refractivity contribution in [3.05, 3.63) is 0 Å². The number of hydrogen-bond acceptors (Lipinski definition) is 4. The molecule has 0 aromatic heterocycles. The Hall–Kier alpha value is -1.06. The lowest BCUT2D eigenvalue weighted by molar-refractivity contribution is -0.150. The van der Waals surface area contributed by atoms with E-state index in [0.717, 1.165) is 0 Å². The molecule has 0 heterocycles. The van der Waals surface area contributed by atoms with E-state index in [9.17, 15) is 9.59 Å². The van der Waals surface area contributed by atoms with Crippen LogP contribution in [0.25, 0.3) is 0 Å². The molecule has 2 atom stereocenters. The van der Waals surface area contributed by atoms with Crippen LogP contribution < -0.4 is 0 Å². The summed E-state index contributed by atoms with van der Waals surface area (Å²) in [6, 6.07) is 0. The highest BCUT2D eigenvalue weighted by atomic mass is 16.6. The standard InChI is InChI=1S/C9H16O4/c1-6(12-8(3)10)5-7(2)13-9(4)11/h6-7H,5H2,1-4H3/t6-,7+. The maximum absolute atomic E-state index is 10.5. The molecule has 4 heteroatoms. The van der Waals surface area contributed by atoms with Crippen LogP contribution in [0.5, 0.6) is 0 Å². The van der Waals surface area contributed by atoms with Gasteiger partial charge in [-0.2, -0.15) is 0 Å². The van der Waals surface area contributed by atoms with Crippen molar-refractivity contribution in [1.82, 2.24) is 0 Å². The molecular weight excluding hydrogens is 172 g/mol. The van der Waals surface area contributed by atoms with E-state index in [4.69, 9.17) is 9.47 Å². The molecule has 0 amide bonds. The van der Waals surface area contributed by atoms with Gasteiger partial charge in [-0.1, -0.05) is 0 Å². The third kappa shape index (κ3) is 7.31. The van der Waals surface area contributed by atoms with Gasteiger partial charge in [0.2, 0.25) is 0 Å². The first kappa shape index (κ1) is 11.9. The van der Waals surface area contributed by atoms with Gasteiger partial charge in [0.1, 0.15) is 12.2 Å². The first-order chi connectivity index (χ1) is 5.91. The van der Waals surface area contributed by atoms with Gasteiger partial charge in [0.05, 0.1) is 0 Å². The molecule has 0 saturated carbocycles. The monoisotopic (exact) mass is 188 g/mol. The molecule has 13 heavy (non-hydrogen) atoms. The van der Waals surface area contributed by atoms with Crippen LogP contribution in [0.15, 0.2) is 0 Å². The number of carbonyl (C=O) groups is 2. The molecule has 0 spiro atoms. The van der Waals surface area contributed by atoms with Gasteiger partial charge in [0.15, 0.2) is 0 Å². The smallest absolute Gasteiger partial charge is 0.302 e. The number of carbonyl (C=O) groups excluding carboxylic acids is 2. The SMILES string of the molecule is CC(=O)O[C@H](C)C[C@H](C)OC(C)=O. The Morgan fingerprint density at radius 3 is 1.54 bits per heavy atom. The summed E-state index contributed by atoms with van der Waals surface area (Å²) in [7, 11) is 0. The topological polar surface area (TPSA) is 52.6 Å². The van der Waals surface area contributed by atoms with Crippen molar-refractivity contribution in [2.45, 2.75) is 46.3 Å². The first-order valence-electron chi connectivity index (χ1n) is 4.26. The molecule has 0 aromatic rings. The van der Waals surface area contributed by atoms with Crippen molar-refractivity contribution < 1.29 is 19.1 Å². The molecule has 4 nitrogen and oxygen atoms in total. The summed E-state index contributed by atoms with van der Waals surface area (Å²) >= 11 is 0. The second kappa shape index (κ2) is 5.56. The summed E-state index contributed by atoms with van der Waals surface area (Å²) < 4.78 is 9.74. The maximum atomic E-state index is 10.5. The third-order valence-corrected chi connectivity index (χ3v) is 1.40. The van der Waals surface area contributed by atoms with E-state index in [0.29, 0.717) is 6.42 Å². The second-order valence-electron chi connectivity index (χ2n) is 3.08. The van der Waals surface area contributed by atoms with E-state index in [1.165, 1.54) is 13.8 Å². The van der Waals surface area contributed by atoms with Crippen LogP contribution in [0, 0.1) is 0 Å². The molecule has 0 bridgehead atoms. The molecule has 0 aliphatic heterocycles. The Labute approximate surface area is 78.2 Å². The highest BCUT2D eigenvalue weighted by Gasteiger charge is 2.12. The minimum Gasteiger partial charge on any atom is -0.463 e. The van der Waals surface area contributed by atoms with Gasteiger partial charge in [-0.25, -0.2) is 0 Å². The molecule has 0 aromatic carbocycles. The zero-order valence-corrected chi connectivity index (χ0v) is 8.49. The number of esters is 2. The predicted octanol–water partition coefficient (Wildman–Crippen LogP) is 1.28. The van der Waals surface area contributed by atoms with Crippen LogP contribution in [-0.4, -0.2) is 24.1 Å². The minimum atomic E-state index is -0.317. The highest BCUT2D eigenvalue weighted by Crippen LogP contribution is 2.05. The van der Waals surface area contributed by atoms with Crippen molar-refractivity contribution in [2.75, 3.05) is 0 Å². The number of ether oxygens (including phenoxy) is 2. The molecule has 0 fully saturated rings. The Balaban J connectivity index is 3.70. The van der Waals surface area contributed by atoms with Crippen LogP contribution in [-0.2, 0) is 19.1 Å². The fraction of sp³-hybridized carbons (Fsp3) is 0.778. The normalized spacial score (nSPS) is 14.5. The quantitative estimate of drug-likeness (QED) is 0.623. The van der Waals surface area contributed by atoms with E-state index in [1.807, 2.05) is 0 Å². The van der Waals surface area contributed by atoms with E-state index >= 15 is 0 Å². The predicted molar refractivity (Wildman–Crippen MR) is 47.1 cm³/mol. The minimum absolute atomic E-state index is 0.216. The Kier molecular flexibility index (Phi) is 5.11. The van der Waals surface area contributed by atoms with Crippen LogP contribution in [0.1, 0.15) is 34.1 Å². The van der Waals surface area contributed by atoms with Gasteiger partial charge in [0, 0.05) is 20.3 Å². The van der Waals surface area contributed by atoms with E-state index in [1.54, 1.807) is 13.8 Å². The Morgan fingerprint density at radius 1 is 1.00 bits per heavy atom. The average Bonchev–Trinajstić information content (AvgIpc) is 1.80. The van der Waals surface area contributed by atoms with Crippen molar-refractivity contribution in [1.29, 1.82) is 0 Å². The fourth-order valence-electron chi connectivity index (χ4n) is 1.13. The van der Waals surface area contributed by atoms with Crippen LogP contribution in [0.3, 0.4) is 0 Å². The average molecular weight is 188 g/mol. The summed E-state index contributed by atoms with van der Waals surface area (Å²) in [5.74, 6) is -0.634. The van der Waals surface area contributed by atoms with E-state index < -0.39 is 0 Å². The van der Waals surface area contributed by atoms with Crippen LogP contribution >= 0.6 is 0 Å². The first-order valence-corrected chi connectivity index (χ1v) is 4.26. The van der Waals surface area contributed by atoms with Crippen molar-refractivity contribution in [2.24, 2.45) is 0 Å². The van der Waals surface area contributed by atoms with Gasteiger partial charge in [-0.3, -0.25) is 9.59 Å². The van der Waals surface area contributed by atoms with Gasteiger partial charge in [-0.15, -0.1) is 0 Å². The molecule has 76 valence electrons. The lowest BCUT2D eigenvalue weighted by Crippen LogP contribution is -2.21. The summed E-state index contributed by atoms with van der Waals surface area (Å²) in [5.41, 5.74) is 0. The Morgan fingerprint density at radius 2 is 1.31 bits per heavy atom. The zero-order valence-electron chi connectivity index (χ0n) is 8.49. The van der Waals surface area contributed by atoms with E-state index in [-0.39, 0.29) is 24.1 Å². The van der Waals surface area contributed by atoms with Gasteiger partial charge >= 0.3 is 11.9 Å². The van der Waals surface area contributed by atoms with Crippen molar-refractivity contribution in [3.8, 4) is 0 Å². The van der Waals surface area contributed by atoms with Gasteiger partial charge in [0.25, 0.3) is 0 Å². The fourth-order valence-corrected chi connectivity index (χ4v) is 1.13. The second-order valence-corrected chi connectivity index (χ2v) is 3.08. The summed E-state index contributed by atoms with van der Waals surface area (Å²) in [6.07, 6.45) is 0.0952. The molecule has 0 N–H and O–H groups in total. The summed E-state index contributed by atoms with van der Waals surface area (Å²) in [5, 5.41) is 0. The van der Waals surface area contributed by atoms with Gasteiger partial charge < -0.3 is 9.47 Å². The molecule has 0 radical (unpaired) electrons. The van der Waals surface area contributed by atoms with Gasteiger partial charge in [-0.05, 0) is 13.8 Å². The summed E-state index contributed by atoms with van der Waals surface area (Å²) in [4.78, 5) is 21.1. The third-order valence-electron chi connectivity index (χ3n) is 1.40. The zero-order chi connectivity index (χ0) is 10.4. The maximum Gasteiger partial charge on any atom is 0.302 e. The van der Waals surface area contributed by atoms with Crippen molar-refractivity contribution in [3.63, 3.8) is 0 Å². The molecule has 0 saturated heterocycles.